The predicted octanol–water partition coefficient (Wildman–Crippen LogP) is 2.64. The van der Waals surface area contributed by atoms with E-state index in [-0.39, 0.29) is 5.41 Å². The average Bonchev–Trinajstić information content (AvgIpc) is 2.89. The van der Waals surface area contributed by atoms with Crippen molar-refractivity contribution in [3.05, 3.63) is 29.8 Å². The van der Waals surface area contributed by atoms with Gasteiger partial charge in [0.2, 0.25) is 0 Å². The Morgan fingerprint density at radius 3 is 2.78 bits per heavy atom. The van der Waals surface area contributed by atoms with E-state index in [0.717, 1.165) is 18.5 Å². The Morgan fingerprint density at radius 2 is 2.17 bits per heavy atom. The molecule has 4 nitrogen and oxygen atoms in total. The van der Waals surface area contributed by atoms with E-state index in [1.54, 1.807) is 0 Å². The predicted molar refractivity (Wildman–Crippen MR) is 71.7 cm³/mol. The lowest BCUT2D eigenvalue weighted by atomic mass is 9.79. The van der Waals surface area contributed by atoms with Crippen molar-refractivity contribution in [1.29, 1.82) is 0 Å². The second-order valence-corrected chi connectivity index (χ2v) is 4.89. The third-order valence-corrected chi connectivity index (χ3v) is 3.86. The number of nitrogens with two attached hydrogens (primary N) is 1. The molecule has 1 aromatic rings. The van der Waals surface area contributed by atoms with Crippen LogP contribution >= 0.6 is 0 Å². The number of hydrogen-bond donors (Lipinski definition) is 2. The van der Waals surface area contributed by atoms with Crippen LogP contribution in [0.3, 0.4) is 0 Å². The van der Waals surface area contributed by atoms with Gasteiger partial charge in [0.15, 0.2) is 0 Å². The number of carbonyl (C=O) groups excluding carboxylic acids is 1. The van der Waals surface area contributed by atoms with Gasteiger partial charge in [-0.1, -0.05) is 25.0 Å². The molecule has 1 aromatic carbocycles. The van der Waals surface area contributed by atoms with Gasteiger partial charge in [0.05, 0.1) is 7.11 Å². The molecule has 1 amide bonds. The lowest BCUT2D eigenvalue weighted by molar-refractivity contribution is 0.187. The van der Waals surface area contributed by atoms with Gasteiger partial charge in [-0.05, 0) is 30.5 Å². The topological polar surface area (TPSA) is 64.3 Å². The lowest BCUT2D eigenvalue weighted by Gasteiger charge is -2.28. The zero-order valence-electron chi connectivity index (χ0n) is 10.7. The highest BCUT2D eigenvalue weighted by Crippen LogP contribution is 2.40. The second-order valence-electron chi connectivity index (χ2n) is 4.89. The number of ether oxygens (including phenoxy) is 1. The number of amides is 1. The van der Waals surface area contributed by atoms with Crippen molar-refractivity contribution < 1.29 is 9.53 Å². The molecule has 2 rings (SSSR count). The highest BCUT2D eigenvalue weighted by molar-refractivity contribution is 5.84. The number of hydrogen-bond acceptors (Lipinski definition) is 3. The fourth-order valence-corrected chi connectivity index (χ4v) is 2.76. The molecule has 18 heavy (non-hydrogen) atoms. The van der Waals surface area contributed by atoms with E-state index in [1.165, 1.54) is 25.5 Å². The minimum Gasteiger partial charge on any atom is -0.453 e. The van der Waals surface area contributed by atoms with Crippen molar-refractivity contribution in [2.24, 2.45) is 5.73 Å². The number of methoxy groups -OCH3 is 1. The summed E-state index contributed by atoms with van der Waals surface area (Å²) >= 11 is 0. The molecule has 1 saturated carbocycles. The summed E-state index contributed by atoms with van der Waals surface area (Å²) in [5.41, 5.74) is 8.04. The molecule has 0 radical (unpaired) electrons. The van der Waals surface area contributed by atoms with Gasteiger partial charge in [-0.3, -0.25) is 5.32 Å². The van der Waals surface area contributed by atoms with E-state index in [4.69, 9.17) is 5.73 Å². The molecule has 0 aromatic heterocycles. The number of benzene rings is 1. The van der Waals surface area contributed by atoms with Crippen LogP contribution in [0.5, 0.6) is 0 Å². The third kappa shape index (κ3) is 2.48. The summed E-state index contributed by atoms with van der Waals surface area (Å²) in [6.45, 7) is 0.661. The Morgan fingerprint density at radius 1 is 1.44 bits per heavy atom. The summed E-state index contributed by atoms with van der Waals surface area (Å²) in [7, 11) is 1.36. The van der Waals surface area contributed by atoms with E-state index in [9.17, 15) is 4.79 Å². The number of nitrogens with one attached hydrogen (secondary N) is 1. The first kappa shape index (κ1) is 12.9. The fourth-order valence-electron chi connectivity index (χ4n) is 2.76. The van der Waals surface area contributed by atoms with E-state index in [1.807, 2.05) is 18.2 Å². The van der Waals surface area contributed by atoms with Gasteiger partial charge in [-0.2, -0.15) is 0 Å². The van der Waals surface area contributed by atoms with Crippen molar-refractivity contribution in [2.45, 2.75) is 31.1 Å². The summed E-state index contributed by atoms with van der Waals surface area (Å²) in [6.07, 6.45) is 4.27. The van der Waals surface area contributed by atoms with Crippen molar-refractivity contribution in [3.63, 3.8) is 0 Å². The van der Waals surface area contributed by atoms with Crippen molar-refractivity contribution in [1.82, 2.24) is 0 Å². The van der Waals surface area contributed by atoms with Gasteiger partial charge >= 0.3 is 6.09 Å². The van der Waals surface area contributed by atoms with Crippen LogP contribution in [0.4, 0.5) is 10.5 Å². The Kier molecular flexibility index (Phi) is 3.87. The maximum atomic E-state index is 11.2. The van der Waals surface area contributed by atoms with Crippen LogP contribution in [0, 0.1) is 0 Å². The van der Waals surface area contributed by atoms with Crippen molar-refractivity contribution in [2.75, 3.05) is 19.0 Å². The Balaban J connectivity index is 2.23. The molecule has 0 atom stereocenters. The molecule has 0 saturated heterocycles. The minimum absolute atomic E-state index is 0.0911. The van der Waals surface area contributed by atoms with Gasteiger partial charge in [0.25, 0.3) is 0 Å². The normalized spacial score (nSPS) is 17.4. The molecule has 0 aliphatic heterocycles. The maximum absolute atomic E-state index is 11.2. The number of rotatable bonds is 3. The fraction of sp³-hybridized carbons (Fsp3) is 0.500. The van der Waals surface area contributed by atoms with E-state index in [2.05, 4.69) is 16.1 Å². The smallest absolute Gasteiger partial charge is 0.411 e. The molecule has 0 heterocycles. The summed E-state index contributed by atoms with van der Waals surface area (Å²) in [6, 6.07) is 7.92. The van der Waals surface area contributed by atoms with Gasteiger partial charge in [0, 0.05) is 17.6 Å². The quantitative estimate of drug-likeness (QED) is 0.864. The maximum Gasteiger partial charge on any atom is 0.411 e. The van der Waals surface area contributed by atoms with Crippen LogP contribution in [-0.2, 0) is 10.2 Å². The van der Waals surface area contributed by atoms with Gasteiger partial charge in [-0.25, -0.2) is 4.79 Å². The molecule has 0 bridgehead atoms. The van der Waals surface area contributed by atoms with Crippen LogP contribution in [0.1, 0.15) is 31.2 Å². The van der Waals surface area contributed by atoms with Crippen LogP contribution in [0.25, 0.3) is 0 Å². The molecule has 1 fully saturated rings. The molecular weight excluding hydrogens is 228 g/mol. The summed E-state index contributed by atoms with van der Waals surface area (Å²) in [5, 5.41) is 2.69. The largest absolute Gasteiger partial charge is 0.453 e. The number of carbonyl (C=O) groups is 1. The Bertz CT molecular complexity index is 426. The van der Waals surface area contributed by atoms with Crippen molar-refractivity contribution >= 4 is 11.8 Å². The third-order valence-electron chi connectivity index (χ3n) is 3.86. The highest BCUT2D eigenvalue weighted by Gasteiger charge is 2.34. The SMILES string of the molecule is COC(=O)Nc1cccc(C2(CN)CCCC2)c1. The van der Waals surface area contributed by atoms with Gasteiger partial charge < -0.3 is 10.5 Å². The van der Waals surface area contributed by atoms with E-state index >= 15 is 0 Å². The summed E-state index contributed by atoms with van der Waals surface area (Å²) in [5.74, 6) is 0. The first-order chi connectivity index (χ1) is 8.70. The zero-order valence-corrected chi connectivity index (χ0v) is 10.7. The molecule has 1 aliphatic rings. The highest BCUT2D eigenvalue weighted by atomic mass is 16.5. The van der Waals surface area contributed by atoms with Gasteiger partial charge in [-0.15, -0.1) is 0 Å². The molecule has 0 unspecified atom stereocenters. The van der Waals surface area contributed by atoms with Crippen LogP contribution in [-0.4, -0.2) is 19.7 Å². The molecule has 3 N–H and O–H groups in total. The second kappa shape index (κ2) is 5.40. The first-order valence-electron chi connectivity index (χ1n) is 6.36. The van der Waals surface area contributed by atoms with Crippen LogP contribution in [0.15, 0.2) is 24.3 Å². The van der Waals surface area contributed by atoms with E-state index in [0.29, 0.717) is 6.54 Å². The van der Waals surface area contributed by atoms with Crippen molar-refractivity contribution in [3.8, 4) is 0 Å². The summed E-state index contributed by atoms with van der Waals surface area (Å²) in [4.78, 5) is 11.2. The Labute approximate surface area is 108 Å². The zero-order chi connectivity index (χ0) is 13.0. The first-order valence-corrected chi connectivity index (χ1v) is 6.36. The minimum atomic E-state index is -0.444. The van der Waals surface area contributed by atoms with Crippen LogP contribution < -0.4 is 11.1 Å². The number of anilines is 1. The molecule has 0 spiro atoms. The molecule has 4 heteroatoms. The average molecular weight is 248 g/mol. The molecule has 1 aliphatic carbocycles. The standard InChI is InChI=1S/C14H20N2O2/c1-18-13(17)16-12-6-4-5-11(9-12)14(10-15)7-2-3-8-14/h4-6,9H,2-3,7-8,10,15H2,1H3,(H,16,17). The van der Waals surface area contributed by atoms with Crippen LogP contribution in [0.2, 0.25) is 0 Å². The lowest BCUT2D eigenvalue weighted by Crippen LogP contribution is -2.32. The Hall–Kier alpha value is -1.55. The molecule has 98 valence electrons. The monoisotopic (exact) mass is 248 g/mol. The van der Waals surface area contributed by atoms with E-state index < -0.39 is 6.09 Å². The van der Waals surface area contributed by atoms with Gasteiger partial charge in [0.1, 0.15) is 0 Å². The molecular formula is C14H20N2O2. The summed E-state index contributed by atoms with van der Waals surface area (Å²) < 4.78 is 4.60.